The maximum absolute atomic E-state index is 11.3. The van der Waals surface area contributed by atoms with Crippen molar-refractivity contribution in [2.24, 2.45) is 0 Å². The van der Waals surface area contributed by atoms with Crippen LogP contribution >= 0.6 is 0 Å². The van der Waals surface area contributed by atoms with Crippen molar-refractivity contribution in [3.8, 4) is 0 Å². The first-order valence-electron chi connectivity index (χ1n) is 5.70. The van der Waals surface area contributed by atoms with Crippen LogP contribution in [0.1, 0.15) is 18.6 Å². The smallest absolute Gasteiger partial charge is 0.183 e. The Morgan fingerprint density at radius 1 is 1.53 bits per heavy atom. The van der Waals surface area contributed by atoms with E-state index >= 15 is 0 Å². The third kappa shape index (κ3) is 2.62. The zero-order chi connectivity index (χ0) is 12.3. The molecule has 3 nitrogen and oxygen atoms in total. The van der Waals surface area contributed by atoms with Crippen LogP contribution in [-0.4, -0.2) is 24.6 Å². The van der Waals surface area contributed by atoms with Crippen LogP contribution in [0.3, 0.4) is 0 Å². The van der Waals surface area contributed by atoms with Crippen LogP contribution < -0.4 is 0 Å². The Labute approximate surface area is 101 Å². The van der Waals surface area contributed by atoms with E-state index in [1.807, 2.05) is 30.3 Å². The van der Waals surface area contributed by atoms with Gasteiger partial charge in [-0.1, -0.05) is 36.9 Å². The Morgan fingerprint density at radius 3 is 2.76 bits per heavy atom. The van der Waals surface area contributed by atoms with Gasteiger partial charge in [0, 0.05) is 0 Å². The van der Waals surface area contributed by atoms with Crippen molar-refractivity contribution in [3.63, 3.8) is 0 Å². The summed E-state index contributed by atoms with van der Waals surface area (Å²) < 4.78 is 11.1. The van der Waals surface area contributed by atoms with Crippen molar-refractivity contribution in [1.82, 2.24) is 0 Å². The molecule has 1 aromatic rings. The van der Waals surface area contributed by atoms with E-state index in [2.05, 4.69) is 6.58 Å². The van der Waals surface area contributed by atoms with Crippen molar-refractivity contribution in [3.05, 3.63) is 48.6 Å². The Balaban J connectivity index is 1.96. The highest BCUT2D eigenvalue weighted by Gasteiger charge is 2.36. The van der Waals surface area contributed by atoms with Gasteiger partial charge in [-0.2, -0.15) is 0 Å². The van der Waals surface area contributed by atoms with E-state index in [1.165, 1.54) is 6.08 Å². The lowest BCUT2D eigenvalue weighted by Gasteiger charge is -2.38. The second kappa shape index (κ2) is 5.25. The SMILES string of the molecule is C=CC(=O)C(C)OC1COC1c1ccccc1. The molecule has 1 aromatic carbocycles. The van der Waals surface area contributed by atoms with Crippen LogP contribution in [0, 0.1) is 0 Å². The molecule has 0 amide bonds. The van der Waals surface area contributed by atoms with E-state index < -0.39 is 6.10 Å². The average Bonchev–Trinajstić information content (AvgIpc) is 2.34. The lowest BCUT2D eigenvalue weighted by Crippen LogP contribution is -2.43. The molecule has 17 heavy (non-hydrogen) atoms. The molecular weight excluding hydrogens is 216 g/mol. The molecule has 0 saturated carbocycles. The van der Waals surface area contributed by atoms with Crippen LogP contribution in [0.25, 0.3) is 0 Å². The molecule has 1 aliphatic rings. The van der Waals surface area contributed by atoms with E-state index in [9.17, 15) is 4.79 Å². The predicted molar refractivity (Wildman–Crippen MR) is 64.7 cm³/mol. The van der Waals surface area contributed by atoms with E-state index in [0.29, 0.717) is 6.61 Å². The van der Waals surface area contributed by atoms with Gasteiger partial charge in [0.1, 0.15) is 18.3 Å². The van der Waals surface area contributed by atoms with Gasteiger partial charge in [0.05, 0.1) is 6.61 Å². The highest BCUT2D eigenvalue weighted by atomic mass is 16.6. The number of benzene rings is 1. The summed E-state index contributed by atoms with van der Waals surface area (Å²) in [4.78, 5) is 11.3. The standard InChI is InChI=1S/C14H16O3/c1-3-12(15)10(2)17-13-9-16-14(13)11-7-5-4-6-8-11/h3-8,10,13-14H,1,9H2,2H3. The van der Waals surface area contributed by atoms with Crippen LogP contribution in [0.4, 0.5) is 0 Å². The Bertz CT molecular complexity index is 399. The molecule has 0 N–H and O–H groups in total. The summed E-state index contributed by atoms with van der Waals surface area (Å²) in [6.07, 6.45) is 0.738. The van der Waals surface area contributed by atoms with E-state index in [-0.39, 0.29) is 18.0 Å². The number of hydrogen-bond donors (Lipinski definition) is 0. The van der Waals surface area contributed by atoms with Gasteiger partial charge < -0.3 is 9.47 Å². The molecule has 2 rings (SSSR count). The van der Waals surface area contributed by atoms with Crippen LogP contribution in [0.2, 0.25) is 0 Å². The largest absolute Gasteiger partial charge is 0.368 e. The number of carbonyl (C=O) groups excluding carboxylic acids is 1. The van der Waals surface area contributed by atoms with Crippen LogP contribution in [0.15, 0.2) is 43.0 Å². The van der Waals surface area contributed by atoms with Gasteiger partial charge >= 0.3 is 0 Å². The van der Waals surface area contributed by atoms with Gasteiger partial charge in [-0.05, 0) is 18.6 Å². The van der Waals surface area contributed by atoms with Gasteiger partial charge in [-0.3, -0.25) is 4.79 Å². The monoisotopic (exact) mass is 232 g/mol. The van der Waals surface area contributed by atoms with Gasteiger partial charge in [-0.25, -0.2) is 0 Å². The quantitative estimate of drug-likeness (QED) is 0.731. The lowest BCUT2D eigenvalue weighted by atomic mass is 10.0. The first kappa shape index (κ1) is 12.0. The number of hydrogen-bond acceptors (Lipinski definition) is 3. The topological polar surface area (TPSA) is 35.5 Å². The third-order valence-electron chi connectivity index (χ3n) is 2.89. The van der Waals surface area contributed by atoms with Gasteiger partial charge in [0.15, 0.2) is 5.78 Å². The summed E-state index contributed by atoms with van der Waals surface area (Å²) >= 11 is 0. The molecule has 0 radical (unpaired) electrons. The molecule has 0 aromatic heterocycles. The van der Waals surface area contributed by atoms with Crippen molar-refractivity contribution in [2.75, 3.05) is 6.61 Å². The fourth-order valence-corrected chi connectivity index (χ4v) is 1.83. The van der Waals surface area contributed by atoms with E-state index in [0.717, 1.165) is 5.56 Å². The fourth-order valence-electron chi connectivity index (χ4n) is 1.83. The van der Waals surface area contributed by atoms with Crippen molar-refractivity contribution in [2.45, 2.75) is 25.2 Å². The maximum atomic E-state index is 11.3. The zero-order valence-corrected chi connectivity index (χ0v) is 9.84. The number of ketones is 1. The van der Waals surface area contributed by atoms with E-state index in [4.69, 9.17) is 9.47 Å². The highest BCUT2D eigenvalue weighted by Crippen LogP contribution is 2.32. The van der Waals surface area contributed by atoms with Crippen molar-refractivity contribution in [1.29, 1.82) is 0 Å². The summed E-state index contributed by atoms with van der Waals surface area (Å²) in [5.41, 5.74) is 1.09. The molecule has 0 spiro atoms. The van der Waals surface area contributed by atoms with Gasteiger partial charge in [0.2, 0.25) is 0 Å². The summed E-state index contributed by atoms with van der Waals surface area (Å²) in [5, 5.41) is 0. The summed E-state index contributed by atoms with van der Waals surface area (Å²) in [6, 6.07) is 9.89. The number of ether oxygens (including phenoxy) is 2. The molecule has 0 bridgehead atoms. The molecule has 3 heteroatoms. The van der Waals surface area contributed by atoms with Crippen LogP contribution in [-0.2, 0) is 14.3 Å². The van der Waals surface area contributed by atoms with Gasteiger partial charge in [-0.15, -0.1) is 0 Å². The van der Waals surface area contributed by atoms with Crippen LogP contribution in [0.5, 0.6) is 0 Å². The minimum Gasteiger partial charge on any atom is -0.368 e. The normalized spacial score (nSPS) is 24.8. The summed E-state index contributed by atoms with van der Waals surface area (Å²) in [5.74, 6) is -0.0938. The predicted octanol–water partition coefficient (Wildman–Crippen LogP) is 2.29. The molecular formula is C14H16O3. The first-order chi connectivity index (χ1) is 8.22. The molecule has 90 valence electrons. The zero-order valence-electron chi connectivity index (χ0n) is 9.84. The molecule has 1 fully saturated rings. The van der Waals surface area contributed by atoms with Crippen molar-refractivity contribution >= 4 is 5.78 Å². The third-order valence-corrected chi connectivity index (χ3v) is 2.89. The van der Waals surface area contributed by atoms with Gasteiger partial charge in [0.25, 0.3) is 0 Å². The molecule has 3 atom stereocenters. The second-order valence-corrected chi connectivity index (χ2v) is 4.09. The molecule has 3 unspecified atom stereocenters. The minimum atomic E-state index is -0.451. The lowest BCUT2D eigenvalue weighted by molar-refractivity contribution is -0.205. The summed E-state index contributed by atoms with van der Waals surface area (Å²) in [7, 11) is 0. The average molecular weight is 232 g/mol. The number of carbonyl (C=O) groups is 1. The summed E-state index contributed by atoms with van der Waals surface area (Å²) in [6.45, 7) is 5.73. The molecule has 1 heterocycles. The maximum Gasteiger partial charge on any atom is 0.183 e. The first-order valence-corrected chi connectivity index (χ1v) is 5.70. The molecule has 1 saturated heterocycles. The Kier molecular flexibility index (Phi) is 3.71. The number of rotatable bonds is 5. The Hall–Kier alpha value is -1.45. The molecule has 1 aliphatic heterocycles. The highest BCUT2D eigenvalue weighted by molar-refractivity contribution is 5.92. The van der Waals surface area contributed by atoms with E-state index in [1.54, 1.807) is 6.92 Å². The Morgan fingerprint density at radius 2 is 2.24 bits per heavy atom. The molecule has 0 aliphatic carbocycles. The minimum absolute atomic E-state index is 0.0451. The second-order valence-electron chi connectivity index (χ2n) is 4.09. The van der Waals surface area contributed by atoms with Crippen molar-refractivity contribution < 1.29 is 14.3 Å². The fraction of sp³-hybridized carbons (Fsp3) is 0.357.